The monoisotopic (exact) mass is 234 g/mol. The van der Waals surface area contributed by atoms with Gasteiger partial charge in [0.25, 0.3) is 0 Å². The van der Waals surface area contributed by atoms with E-state index in [1.807, 2.05) is 17.9 Å². The fraction of sp³-hybridized carbons (Fsp3) is 0.583. The second kappa shape index (κ2) is 4.69. The van der Waals surface area contributed by atoms with Crippen LogP contribution in [0.4, 0.5) is 11.6 Å². The lowest BCUT2D eigenvalue weighted by molar-refractivity contribution is -0.116. The van der Waals surface area contributed by atoms with E-state index in [0.29, 0.717) is 19.0 Å². The molecule has 17 heavy (non-hydrogen) atoms. The SMILES string of the molecule is Cc1nc(NC(C)C)cc(N2CCC(=O)C2)n1. The Morgan fingerprint density at radius 3 is 2.76 bits per heavy atom. The summed E-state index contributed by atoms with van der Waals surface area (Å²) in [5.74, 6) is 2.66. The van der Waals surface area contributed by atoms with Crippen molar-refractivity contribution >= 4 is 17.4 Å². The van der Waals surface area contributed by atoms with E-state index in [0.717, 1.165) is 24.0 Å². The molecule has 2 heterocycles. The van der Waals surface area contributed by atoms with Crippen LogP contribution in [0, 0.1) is 6.92 Å². The number of hydrogen-bond acceptors (Lipinski definition) is 5. The normalized spacial score (nSPS) is 15.8. The lowest BCUT2D eigenvalue weighted by atomic mass is 10.3. The van der Waals surface area contributed by atoms with Crippen LogP contribution < -0.4 is 10.2 Å². The Kier molecular flexibility index (Phi) is 3.26. The number of ketones is 1. The van der Waals surface area contributed by atoms with E-state index in [1.54, 1.807) is 0 Å². The summed E-state index contributed by atoms with van der Waals surface area (Å²) in [5, 5.41) is 3.26. The Morgan fingerprint density at radius 2 is 2.18 bits per heavy atom. The molecule has 0 atom stereocenters. The van der Waals surface area contributed by atoms with Crippen LogP contribution in [0.5, 0.6) is 0 Å². The van der Waals surface area contributed by atoms with Crippen LogP contribution in [0.3, 0.4) is 0 Å². The highest BCUT2D eigenvalue weighted by molar-refractivity contribution is 5.86. The maximum Gasteiger partial charge on any atom is 0.153 e. The third-order valence-electron chi connectivity index (χ3n) is 2.61. The molecule has 1 saturated heterocycles. The van der Waals surface area contributed by atoms with Crippen LogP contribution in [0.15, 0.2) is 6.07 Å². The molecule has 0 saturated carbocycles. The largest absolute Gasteiger partial charge is 0.368 e. The molecule has 0 bridgehead atoms. The number of hydrogen-bond donors (Lipinski definition) is 1. The summed E-state index contributed by atoms with van der Waals surface area (Å²) in [4.78, 5) is 22.0. The number of anilines is 2. The second-order valence-electron chi connectivity index (χ2n) is 4.67. The van der Waals surface area contributed by atoms with Crippen LogP contribution in [0.1, 0.15) is 26.1 Å². The fourth-order valence-corrected chi connectivity index (χ4v) is 1.91. The molecule has 0 spiro atoms. The van der Waals surface area contributed by atoms with E-state index < -0.39 is 0 Å². The minimum absolute atomic E-state index is 0.277. The Hall–Kier alpha value is -1.65. The molecule has 1 N–H and O–H groups in total. The van der Waals surface area contributed by atoms with Crippen molar-refractivity contribution in [2.75, 3.05) is 23.3 Å². The lowest BCUT2D eigenvalue weighted by Gasteiger charge is -2.17. The van der Waals surface area contributed by atoms with Gasteiger partial charge in [-0.25, -0.2) is 9.97 Å². The van der Waals surface area contributed by atoms with E-state index in [-0.39, 0.29) is 5.78 Å². The molecular weight excluding hydrogens is 216 g/mol. The van der Waals surface area contributed by atoms with E-state index in [1.165, 1.54) is 0 Å². The Bertz CT molecular complexity index is 431. The maximum absolute atomic E-state index is 11.3. The summed E-state index contributed by atoms with van der Waals surface area (Å²) in [6.45, 7) is 7.23. The van der Waals surface area contributed by atoms with Crippen molar-refractivity contribution in [2.45, 2.75) is 33.2 Å². The molecule has 0 amide bonds. The first-order valence-electron chi connectivity index (χ1n) is 5.93. The average Bonchev–Trinajstić information content (AvgIpc) is 2.62. The number of Topliss-reactive ketones (excluding diaryl/α,β-unsaturated/α-hetero) is 1. The third kappa shape index (κ3) is 2.93. The molecule has 2 rings (SSSR count). The van der Waals surface area contributed by atoms with Crippen molar-refractivity contribution < 1.29 is 4.79 Å². The number of rotatable bonds is 3. The first-order chi connectivity index (χ1) is 8.04. The van der Waals surface area contributed by atoms with Crippen molar-refractivity contribution in [3.8, 4) is 0 Å². The van der Waals surface area contributed by atoms with Crippen molar-refractivity contribution in [3.05, 3.63) is 11.9 Å². The zero-order chi connectivity index (χ0) is 12.4. The fourth-order valence-electron chi connectivity index (χ4n) is 1.91. The third-order valence-corrected chi connectivity index (χ3v) is 2.61. The minimum atomic E-state index is 0.277. The summed E-state index contributed by atoms with van der Waals surface area (Å²) in [6.07, 6.45) is 0.621. The van der Waals surface area contributed by atoms with Gasteiger partial charge in [0.2, 0.25) is 0 Å². The zero-order valence-electron chi connectivity index (χ0n) is 10.5. The molecule has 0 unspecified atom stereocenters. The molecule has 1 fully saturated rings. The first-order valence-corrected chi connectivity index (χ1v) is 5.93. The minimum Gasteiger partial charge on any atom is -0.368 e. The van der Waals surface area contributed by atoms with Gasteiger partial charge in [0, 0.05) is 25.1 Å². The summed E-state index contributed by atoms with van der Waals surface area (Å²) in [5.41, 5.74) is 0. The van der Waals surface area contributed by atoms with Gasteiger partial charge in [-0.2, -0.15) is 0 Å². The summed E-state index contributed by atoms with van der Waals surface area (Å²) in [6, 6.07) is 2.24. The van der Waals surface area contributed by atoms with Gasteiger partial charge in [0.05, 0.1) is 6.54 Å². The van der Waals surface area contributed by atoms with Crippen molar-refractivity contribution in [1.82, 2.24) is 9.97 Å². The van der Waals surface area contributed by atoms with Gasteiger partial charge in [0.1, 0.15) is 17.5 Å². The van der Waals surface area contributed by atoms with Crippen LogP contribution in [-0.2, 0) is 4.79 Å². The van der Waals surface area contributed by atoms with Gasteiger partial charge in [-0.3, -0.25) is 4.79 Å². The Labute approximate surface area is 101 Å². The Balaban J connectivity index is 2.22. The summed E-state index contributed by atoms with van der Waals surface area (Å²) >= 11 is 0. The quantitative estimate of drug-likeness (QED) is 0.856. The number of aromatic nitrogens is 2. The highest BCUT2D eigenvalue weighted by Crippen LogP contribution is 2.19. The summed E-state index contributed by atoms with van der Waals surface area (Å²) in [7, 11) is 0. The van der Waals surface area contributed by atoms with Crippen LogP contribution in [0.25, 0.3) is 0 Å². The predicted octanol–water partition coefficient (Wildman–Crippen LogP) is 1.38. The molecular formula is C12H18N4O. The van der Waals surface area contributed by atoms with Gasteiger partial charge in [0.15, 0.2) is 5.78 Å². The Morgan fingerprint density at radius 1 is 1.41 bits per heavy atom. The number of aryl methyl sites for hydroxylation is 1. The molecule has 1 aromatic rings. The highest BCUT2D eigenvalue weighted by atomic mass is 16.1. The maximum atomic E-state index is 11.3. The molecule has 1 aliphatic rings. The standard InChI is InChI=1S/C12H18N4O/c1-8(2)13-11-6-12(15-9(3)14-11)16-5-4-10(17)7-16/h6,8H,4-5,7H2,1-3H3,(H,13,14,15). The zero-order valence-corrected chi connectivity index (χ0v) is 10.5. The molecule has 92 valence electrons. The van der Waals surface area contributed by atoms with E-state index >= 15 is 0 Å². The molecule has 1 aromatic heterocycles. The second-order valence-corrected chi connectivity index (χ2v) is 4.67. The number of nitrogens with zero attached hydrogens (tertiary/aromatic N) is 3. The lowest BCUT2D eigenvalue weighted by Crippen LogP contribution is -2.22. The van der Waals surface area contributed by atoms with Crippen LogP contribution >= 0.6 is 0 Å². The highest BCUT2D eigenvalue weighted by Gasteiger charge is 2.21. The van der Waals surface area contributed by atoms with Crippen molar-refractivity contribution in [1.29, 1.82) is 0 Å². The van der Waals surface area contributed by atoms with E-state index in [4.69, 9.17) is 0 Å². The smallest absolute Gasteiger partial charge is 0.153 e. The van der Waals surface area contributed by atoms with Crippen molar-refractivity contribution in [2.24, 2.45) is 0 Å². The topological polar surface area (TPSA) is 58.1 Å². The molecule has 0 aromatic carbocycles. The molecule has 5 heteroatoms. The van der Waals surface area contributed by atoms with E-state index in [2.05, 4.69) is 29.1 Å². The first kappa shape index (κ1) is 11.8. The predicted molar refractivity (Wildman–Crippen MR) is 67.4 cm³/mol. The number of carbonyl (C=O) groups excluding carboxylic acids is 1. The number of carbonyl (C=O) groups is 1. The van der Waals surface area contributed by atoms with E-state index in [9.17, 15) is 4.79 Å². The average molecular weight is 234 g/mol. The molecule has 1 aliphatic heterocycles. The molecule has 5 nitrogen and oxygen atoms in total. The number of nitrogens with one attached hydrogen (secondary N) is 1. The molecule has 0 aliphatic carbocycles. The summed E-state index contributed by atoms with van der Waals surface area (Å²) < 4.78 is 0. The van der Waals surface area contributed by atoms with Crippen molar-refractivity contribution in [3.63, 3.8) is 0 Å². The van der Waals surface area contributed by atoms with Gasteiger partial charge in [-0.15, -0.1) is 0 Å². The van der Waals surface area contributed by atoms with Gasteiger partial charge in [-0.05, 0) is 20.8 Å². The van der Waals surface area contributed by atoms with Crippen LogP contribution in [-0.4, -0.2) is 34.9 Å². The molecule has 0 radical (unpaired) electrons. The van der Waals surface area contributed by atoms with Gasteiger partial charge < -0.3 is 10.2 Å². The van der Waals surface area contributed by atoms with Gasteiger partial charge >= 0.3 is 0 Å². The van der Waals surface area contributed by atoms with Crippen LogP contribution in [0.2, 0.25) is 0 Å². The van der Waals surface area contributed by atoms with Gasteiger partial charge in [-0.1, -0.05) is 0 Å².